The van der Waals surface area contributed by atoms with Gasteiger partial charge in [0.2, 0.25) is 0 Å². The van der Waals surface area contributed by atoms with Gasteiger partial charge >= 0.3 is 0 Å². The summed E-state index contributed by atoms with van der Waals surface area (Å²) in [5.41, 5.74) is 5.80. The number of allylic oxidation sites excluding steroid dienone is 2. The van der Waals surface area contributed by atoms with Crippen LogP contribution in [0.1, 0.15) is 35.0 Å². The average molecular weight is 518 g/mol. The molecule has 1 N–H and O–H groups in total. The van der Waals surface area contributed by atoms with Crippen LogP contribution in [0.2, 0.25) is 10.0 Å². The number of aromatic nitrogens is 2. The summed E-state index contributed by atoms with van der Waals surface area (Å²) < 4.78 is 12.1. The number of aromatic amines is 1. The molecule has 1 aromatic heterocycles. The third kappa shape index (κ3) is 5.73. The maximum Gasteiger partial charge on any atom is 0.165 e. The predicted octanol–water partition coefficient (Wildman–Crippen LogP) is 7.95. The highest BCUT2D eigenvalue weighted by molar-refractivity contribution is 6.42. The second kappa shape index (κ2) is 11.3. The topological polar surface area (TPSA) is 70.9 Å². The number of ether oxygens (including phenoxy) is 2. The van der Waals surface area contributed by atoms with Crippen molar-refractivity contribution < 1.29 is 9.47 Å². The van der Waals surface area contributed by atoms with E-state index in [0.717, 1.165) is 33.3 Å². The second-order valence-corrected chi connectivity index (χ2v) is 9.06. The first-order valence-corrected chi connectivity index (χ1v) is 12.2. The molecule has 3 aromatic carbocycles. The minimum absolute atomic E-state index is 0.290. The molecule has 4 aromatic rings. The maximum absolute atomic E-state index is 9.90. The molecule has 0 fully saturated rings. The molecule has 0 unspecified atom stereocenters. The lowest BCUT2D eigenvalue weighted by molar-refractivity contribution is 0.267. The van der Waals surface area contributed by atoms with Gasteiger partial charge in [-0.1, -0.05) is 41.4 Å². The average Bonchev–Trinajstić information content (AvgIpc) is 3.27. The zero-order chi connectivity index (χ0) is 25.7. The lowest BCUT2D eigenvalue weighted by atomic mass is 10.0. The Labute approximate surface area is 220 Å². The van der Waals surface area contributed by atoms with Crippen molar-refractivity contribution in [2.24, 2.45) is 0 Å². The zero-order valence-electron chi connectivity index (χ0n) is 20.1. The van der Waals surface area contributed by atoms with Crippen molar-refractivity contribution in [2.45, 2.75) is 26.9 Å². The lowest BCUT2D eigenvalue weighted by Crippen LogP contribution is -2.03. The molecule has 4 rings (SSSR count). The van der Waals surface area contributed by atoms with Gasteiger partial charge < -0.3 is 14.5 Å². The van der Waals surface area contributed by atoms with Gasteiger partial charge in [0.1, 0.15) is 18.5 Å². The molecule has 0 radical (unpaired) electrons. The quantitative estimate of drug-likeness (QED) is 0.180. The Bertz CT molecular complexity index is 1500. The highest BCUT2D eigenvalue weighted by atomic mass is 35.5. The summed E-state index contributed by atoms with van der Waals surface area (Å²) in [6.45, 7) is 8.56. The first-order valence-electron chi connectivity index (χ1n) is 11.5. The summed E-state index contributed by atoms with van der Waals surface area (Å²) in [6.07, 6.45) is 4.16. The Morgan fingerprint density at radius 2 is 1.94 bits per heavy atom. The van der Waals surface area contributed by atoms with E-state index in [9.17, 15) is 5.26 Å². The molecule has 36 heavy (non-hydrogen) atoms. The first-order chi connectivity index (χ1) is 17.4. The normalized spacial score (nSPS) is 11.4. The smallest absolute Gasteiger partial charge is 0.165 e. The van der Waals surface area contributed by atoms with Gasteiger partial charge in [-0.3, -0.25) is 0 Å². The van der Waals surface area contributed by atoms with Crippen molar-refractivity contribution >= 4 is 45.9 Å². The Morgan fingerprint density at radius 1 is 1.11 bits per heavy atom. The van der Waals surface area contributed by atoms with E-state index in [1.165, 1.54) is 0 Å². The number of rotatable bonds is 9. The minimum atomic E-state index is 0.290. The number of hydrogen-bond acceptors (Lipinski definition) is 4. The third-order valence-corrected chi connectivity index (χ3v) is 6.25. The molecule has 0 aliphatic heterocycles. The number of H-pyrrole nitrogens is 1. The number of nitrogens with zero attached hydrogens (tertiary/aromatic N) is 2. The molecule has 0 saturated heterocycles. The second-order valence-electron chi connectivity index (χ2n) is 8.25. The van der Waals surface area contributed by atoms with E-state index in [-0.39, 0.29) is 6.61 Å². The zero-order valence-corrected chi connectivity index (χ0v) is 21.6. The maximum atomic E-state index is 9.90. The van der Waals surface area contributed by atoms with Crippen LogP contribution in [0.15, 0.2) is 61.2 Å². The van der Waals surface area contributed by atoms with Gasteiger partial charge in [-0.25, -0.2) is 4.98 Å². The highest BCUT2D eigenvalue weighted by Gasteiger charge is 2.15. The van der Waals surface area contributed by atoms with Gasteiger partial charge in [-0.2, -0.15) is 5.26 Å². The fourth-order valence-electron chi connectivity index (χ4n) is 3.86. The third-order valence-electron chi connectivity index (χ3n) is 5.51. The van der Waals surface area contributed by atoms with Crippen molar-refractivity contribution in [1.82, 2.24) is 9.97 Å². The Hall–Kier alpha value is -3.72. The predicted molar refractivity (Wildman–Crippen MR) is 147 cm³/mol. The van der Waals surface area contributed by atoms with Crippen molar-refractivity contribution in [3.05, 3.63) is 99.3 Å². The summed E-state index contributed by atoms with van der Waals surface area (Å²) >= 11 is 12.2. The molecule has 7 heteroatoms. The summed E-state index contributed by atoms with van der Waals surface area (Å²) in [5, 5.41) is 10.9. The van der Waals surface area contributed by atoms with Crippen LogP contribution in [0, 0.1) is 18.3 Å². The summed E-state index contributed by atoms with van der Waals surface area (Å²) in [7, 11) is 0. The Balaban J connectivity index is 1.71. The van der Waals surface area contributed by atoms with E-state index in [2.05, 4.69) is 22.6 Å². The van der Waals surface area contributed by atoms with Crippen molar-refractivity contribution in [3.8, 4) is 17.6 Å². The number of imidazole rings is 1. The van der Waals surface area contributed by atoms with Gasteiger partial charge in [0.15, 0.2) is 11.5 Å². The van der Waals surface area contributed by atoms with Crippen LogP contribution in [0.3, 0.4) is 0 Å². The number of halogens is 2. The van der Waals surface area contributed by atoms with E-state index >= 15 is 0 Å². The number of hydrogen-bond donors (Lipinski definition) is 1. The lowest BCUT2D eigenvalue weighted by Gasteiger charge is -2.17. The molecule has 0 bridgehead atoms. The standard InChI is InChI=1S/C29H25Cl2N3O2/c1-4-6-21-12-20(13-22(16-32)29-33-25-10-7-18(3)11-26(25)34-29)15-27(35-5-2)28(21)36-17-19-8-9-23(30)24(31)14-19/h4,7-15H,1,5-6,17H2,2-3H3,(H,33,34)/b22-13-. The molecular weight excluding hydrogens is 493 g/mol. The SMILES string of the molecule is C=CCc1cc(/C=C(/C#N)c2nc3ccc(C)cc3[nH]2)cc(OCC)c1OCc1ccc(Cl)c(Cl)c1. The molecule has 182 valence electrons. The van der Waals surface area contributed by atoms with Gasteiger partial charge in [-0.15, -0.1) is 6.58 Å². The molecule has 0 atom stereocenters. The van der Waals surface area contributed by atoms with Crippen LogP contribution < -0.4 is 9.47 Å². The first kappa shape index (κ1) is 25.4. The number of benzene rings is 3. The van der Waals surface area contributed by atoms with E-state index in [1.807, 2.05) is 50.2 Å². The number of nitriles is 1. The molecular formula is C29H25Cl2N3O2. The molecule has 0 spiro atoms. The van der Waals surface area contributed by atoms with Gasteiger partial charge in [-0.05, 0) is 79.4 Å². The molecule has 0 amide bonds. The fourth-order valence-corrected chi connectivity index (χ4v) is 4.18. The van der Waals surface area contributed by atoms with Crippen LogP contribution in [0.5, 0.6) is 11.5 Å². The number of aryl methyl sites for hydroxylation is 1. The summed E-state index contributed by atoms with van der Waals surface area (Å²) in [4.78, 5) is 7.85. The minimum Gasteiger partial charge on any atom is -0.490 e. The largest absolute Gasteiger partial charge is 0.490 e. The van der Waals surface area contributed by atoms with Crippen LogP contribution >= 0.6 is 23.2 Å². The van der Waals surface area contributed by atoms with Crippen LogP contribution in [-0.4, -0.2) is 16.6 Å². The van der Waals surface area contributed by atoms with Crippen molar-refractivity contribution in [2.75, 3.05) is 6.61 Å². The Morgan fingerprint density at radius 3 is 2.67 bits per heavy atom. The summed E-state index contributed by atoms with van der Waals surface area (Å²) in [6, 6.07) is 17.4. The summed E-state index contributed by atoms with van der Waals surface area (Å²) in [5.74, 6) is 1.72. The fraction of sp³-hybridized carbons (Fsp3) is 0.172. The van der Waals surface area contributed by atoms with Crippen LogP contribution in [-0.2, 0) is 13.0 Å². The van der Waals surface area contributed by atoms with E-state index in [4.69, 9.17) is 32.7 Å². The van der Waals surface area contributed by atoms with E-state index in [1.54, 1.807) is 24.3 Å². The van der Waals surface area contributed by atoms with E-state index < -0.39 is 0 Å². The molecule has 1 heterocycles. The van der Waals surface area contributed by atoms with Crippen LogP contribution in [0.25, 0.3) is 22.7 Å². The Kier molecular flexibility index (Phi) is 8.00. The van der Waals surface area contributed by atoms with E-state index in [0.29, 0.717) is 46.0 Å². The van der Waals surface area contributed by atoms with Crippen molar-refractivity contribution in [1.29, 1.82) is 5.26 Å². The van der Waals surface area contributed by atoms with Crippen LogP contribution in [0.4, 0.5) is 0 Å². The number of nitrogens with one attached hydrogen (secondary N) is 1. The molecule has 0 aliphatic rings. The highest BCUT2D eigenvalue weighted by Crippen LogP contribution is 2.36. The van der Waals surface area contributed by atoms with Crippen molar-refractivity contribution in [3.63, 3.8) is 0 Å². The molecule has 5 nitrogen and oxygen atoms in total. The van der Waals surface area contributed by atoms with Gasteiger partial charge in [0, 0.05) is 5.56 Å². The van der Waals surface area contributed by atoms with Gasteiger partial charge in [0.25, 0.3) is 0 Å². The van der Waals surface area contributed by atoms with Gasteiger partial charge in [0.05, 0.1) is 33.3 Å². The molecule has 0 saturated carbocycles. The molecule has 0 aliphatic carbocycles. The number of fused-ring (bicyclic) bond motifs is 1. The monoisotopic (exact) mass is 517 g/mol.